The zero-order valence-corrected chi connectivity index (χ0v) is 14.2. The van der Waals surface area contributed by atoms with Crippen LogP contribution in [0.5, 0.6) is 0 Å². The second-order valence-electron chi connectivity index (χ2n) is 6.31. The number of hydrogen-bond donors (Lipinski definition) is 1. The normalized spacial score (nSPS) is 32.4. The van der Waals surface area contributed by atoms with Gasteiger partial charge in [-0.25, -0.2) is 0 Å². The molecular weight excluding hydrogens is 335 g/mol. The number of aliphatic hydroxyl groups excluding tert-OH is 1. The molecule has 10 radical (unpaired) electrons. The van der Waals surface area contributed by atoms with E-state index in [9.17, 15) is 5.11 Å². The first-order valence-electron chi connectivity index (χ1n) is 7.25. The van der Waals surface area contributed by atoms with Gasteiger partial charge in [0, 0.05) is 19.5 Å². The minimum absolute atomic E-state index is 0. The van der Waals surface area contributed by atoms with E-state index in [1.165, 1.54) is 18.8 Å². The summed E-state index contributed by atoms with van der Waals surface area (Å²) in [6.07, 6.45) is 18.6. The van der Waals surface area contributed by atoms with Crippen molar-refractivity contribution in [2.24, 2.45) is 17.3 Å². The Bertz CT molecular complexity index is 261. The van der Waals surface area contributed by atoms with Gasteiger partial charge in [0.1, 0.15) is 0 Å². The van der Waals surface area contributed by atoms with Crippen LogP contribution in [0.4, 0.5) is 0 Å². The summed E-state index contributed by atoms with van der Waals surface area (Å²) in [4.78, 5) is 0. The van der Waals surface area contributed by atoms with Gasteiger partial charge in [-0.2, -0.15) is 0 Å². The van der Waals surface area contributed by atoms with Crippen molar-refractivity contribution in [1.82, 2.24) is 0 Å². The van der Waals surface area contributed by atoms with Crippen molar-refractivity contribution in [2.75, 3.05) is 0 Å². The van der Waals surface area contributed by atoms with Gasteiger partial charge in [-0.05, 0) is 94.3 Å². The summed E-state index contributed by atoms with van der Waals surface area (Å²) in [5.41, 5.74) is 0.493. The zero-order valence-electron chi connectivity index (χ0n) is 12.5. The third kappa shape index (κ3) is 4.54. The van der Waals surface area contributed by atoms with E-state index in [0.29, 0.717) is 5.41 Å². The molecule has 0 aromatic heterocycles. The monoisotopic (exact) mass is 360 g/mol. The molecule has 4 rings (SSSR count). The summed E-state index contributed by atoms with van der Waals surface area (Å²) in [5.74, 6) is 3.07. The van der Waals surface area contributed by atoms with Gasteiger partial charge < -0.3 is 5.11 Å². The smallest absolute Gasteiger partial charge is 0.0546 e. The maximum Gasteiger partial charge on any atom is 0.0546 e. The molecule has 4 fully saturated rings. The number of fused-ring (bicyclic) bond motifs is 2. The number of aliphatic hydroxyl groups is 1. The standard InChI is InChI=1S/C13H20O.C5H5.Rh/c1-9(14)4-5-10-6-7-11-8-12(10)13(11,2)3;1-2-4-5-3-1;/h4-6,9,11-12,14H,7-8H2,1-3H3;1-5H;. The molecule has 3 atom stereocenters. The van der Waals surface area contributed by atoms with Gasteiger partial charge in [0.05, 0.1) is 6.10 Å². The Morgan fingerprint density at radius 1 is 1.20 bits per heavy atom. The van der Waals surface area contributed by atoms with E-state index >= 15 is 0 Å². The Hall–Kier alpha value is 0.583. The second-order valence-corrected chi connectivity index (χ2v) is 6.31. The van der Waals surface area contributed by atoms with Gasteiger partial charge in [-0.15, -0.1) is 0 Å². The molecular formula is C18H25ORh. The topological polar surface area (TPSA) is 20.2 Å². The van der Waals surface area contributed by atoms with Crippen LogP contribution in [0.15, 0.2) is 0 Å². The first kappa shape index (κ1) is 18.6. The maximum absolute atomic E-state index is 9.20. The molecule has 2 heteroatoms. The molecule has 20 heavy (non-hydrogen) atoms. The van der Waals surface area contributed by atoms with Crippen LogP contribution in [0.2, 0.25) is 0 Å². The Morgan fingerprint density at radius 3 is 2.15 bits per heavy atom. The van der Waals surface area contributed by atoms with E-state index in [4.69, 9.17) is 0 Å². The zero-order chi connectivity index (χ0) is 13.9. The van der Waals surface area contributed by atoms with Crippen LogP contribution in [0.1, 0.15) is 33.6 Å². The Kier molecular flexibility index (Phi) is 7.71. The summed E-state index contributed by atoms with van der Waals surface area (Å²) in [6, 6.07) is 0. The van der Waals surface area contributed by atoms with Gasteiger partial charge in [0.15, 0.2) is 0 Å². The predicted octanol–water partition coefficient (Wildman–Crippen LogP) is 3.64. The molecule has 0 heterocycles. The third-order valence-corrected chi connectivity index (χ3v) is 4.63. The van der Waals surface area contributed by atoms with Crippen LogP contribution < -0.4 is 0 Å². The average molecular weight is 360 g/mol. The van der Waals surface area contributed by atoms with Crippen molar-refractivity contribution in [1.29, 1.82) is 0 Å². The van der Waals surface area contributed by atoms with Crippen molar-refractivity contribution in [3.05, 3.63) is 57.3 Å². The molecule has 0 aliphatic heterocycles. The SMILES string of the molecule is CC(O)[CH][CH][C]1[CH]CC2CC1C2(C)C.[CH]1[CH][CH][CH][CH]1.[Rh]. The number of rotatable bonds is 3. The number of hydrogen-bond acceptors (Lipinski definition) is 1. The fourth-order valence-electron chi connectivity index (χ4n) is 3.16. The first-order chi connectivity index (χ1) is 9.01. The van der Waals surface area contributed by atoms with Crippen molar-refractivity contribution in [3.63, 3.8) is 0 Å². The maximum atomic E-state index is 9.20. The molecule has 4 aliphatic carbocycles. The van der Waals surface area contributed by atoms with E-state index in [-0.39, 0.29) is 25.6 Å². The summed E-state index contributed by atoms with van der Waals surface area (Å²) in [5, 5.41) is 9.20. The van der Waals surface area contributed by atoms with Gasteiger partial charge in [0.25, 0.3) is 0 Å². The Labute approximate surface area is 139 Å². The molecule has 1 N–H and O–H groups in total. The molecule has 0 aromatic rings. The fourth-order valence-corrected chi connectivity index (χ4v) is 3.16. The van der Waals surface area contributed by atoms with E-state index in [2.05, 4.69) is 26.7 Å². The van der Waals surface area contributed by atoms with E-state index < -0.39 is 0 Å². The van der Waals surface area contributed by atoms with Crippen molar-refractivity contribution in [3.8, 4) is 0 Å². The predicted molar refractivity (Wildman–Crippen MR) is 79.3 cm³/mol. The third-order valence-electron chi connectivity index (χ3n) is 4.63. The van der Waals surface area contributed by atoms with E-state index in [0.717, 1.165) is 11.8 Å². The van der Waals surface area contributed by atoms with Crippen molar-refractivity contribution >= 4 is 0 Å². The van der Waals surface area contributed by atoms with Crippen LogP contribution in [0.3, 0.4) is 0 Å². The summed E-state index contributed by atoms with van der Waals surface area (Å²) in [7, 11) is 0. The molecule has 0 aromatic carbocycles. The van der Waals surface area contributed by atoms with Gasteiger partial charge in [-0.1, -0.05) is 13.8 Å². The van der Waals surface area contributed by atoms with E-state index in [1.807, 2.05) is 38.5 Å². The Morgan fingerprint density at radius 2 is 1.75 bits per heavy atom. The van der Waals surface area contributed by atoms with Crippen molar-refractivity contribution < 1.29 is 24.6 Å². The molecule has 4 saturated carbocycles. The van der Waals surface area contributed by atoms with Gasteiger partial charge >= 0.3 is 0 Å². The molecule has 1 nitrogen and oxygen atoms in total. The molecule has 112 valence electrons. The quantitative estimate of drug-likeness (QED) is 0.762. The Balaban J connectivity index is 0.000000283. The average Bonchev–Trinajstić information content (AvgIpc) is 2.95. The molecule has 3 unspecified atom stereocenters. The molecule has 0 saturated heterocycles. The van der Waals surface area contributed by atoms with E-state index in [1.54, 1.807) is 6.92 Å². The largest absolute Gasteiger partial charge is 0.393 e. The first-order valence-corrected chi connectivity index (χ1v) is 7.25. The van der Waals surface area contributed by atoms with Crippen molar-refractivity contribution in [2.45, 2.75) is 39.7 Å². The second kappa shape index (κ2) is 8.28. The molecule has 0 amide bonds. The minimum atomic E-state index is -0.322. The van der Waals surface area contributed by atoms with Crippen LogP contribution in [0.25, 0.3) is 0 Å². The molecule has 0 spiro atoms. The van der Waals surface area contributed by atoms with Crippen LogP contribution in [-0.2, 0) is 19.5 Å². The summed E-state index contributed by atoms with van der Waals surface area (Å²) < 4.78 is 0. The molecule has 4 aliphatic rings. The van der Waals surface area contributed by atoms with Crippen LogP contribution in [0, 0.1) is 74.5 Å². The van der Waals surface area contributed by atoms with Crippen LogP contribution >= 0.6 is 0 Å². The summed E-state index contributed by atoms with van der Waals surface area (Å²) >= 11 is 0. The molecule has 2 bridgehead atoms. The van der Waals surface area contributed by atoms with Gasteiger partial charge in [-0.3, -0.25) is 0 Å². The summed E-state index contributed by atoms with van der Waals surface area (Å²) in [6.45, 7) is 6.54. The van der Waals surface area contributed by atoms with Gasteiger partial charge in [0.2, 0.25) is 0 Å². The fraction of sp³-hybridized carbons (Fsp3) is 0.500. The van der Waals surface area contributed by atoms with Crippen LogP contribution in [-0.4, -0.2) is 11.2 Å². The minimum Gasteiger partial charge on any atom is -0.393 e.